The van der Waals surface area contributed by atoms with Crippen LogP contribution in [0.3, 0.4) is 0 Å². The Hall–Kier alpha value is -2.75. The summed E-state index contributed by atoms with van der Waals surface area (Å²) in [5.41, 5.74) is 1.96. The van der Waals surface area contributed by atoms with Gasteiger partial charge < -0.3 is 14.3 Å². The minimum Gasteiger partial charge on any atom is -0.508 e. The van der Waals surface area contributed by atoms with E-state index in [1.54, 1.807) is 24.3 Å². The minimum absolute atomic E-state index is 0.150. The lowest BCUT2D eigenvalue weighted by Crippen LogP contribution is -2.07. The van der Waals surface area contributed by atoms with E-state index in [9.17, 15) is 9.90 Å². The largest absolute Gasteiger partial charge is 0.508 e. The molecular formula is C17H14O4. The summed E-state index contributed by atoms with van der Waals surface area (Å²) < 4.78 is 11.1. The van der Waals surface area contributed by atoms with Crippen LogP contribution >= 0.6 is 0 Å². The van der Waals surface area contributed by atoms with Crippen molar-refractivity contribution in [1.29, 1.82) is 0 Å². The first-order chi connectivity index (χ1) is 10.1. The van der Waals surface area contributed by atoms with Gasteiger partial charge in [0.2, 0.25) is 11.2 Å². The minimum atomic E-state index is -0.203. The fourth-order valence-electron chi connectivity index (χ4n) is 2.28. The number of phenolic OH excluding ortho intramolecular Hbond substituents is 1. The molecule has 0 aliphatic rings. The number of benzene rings is 2. The molecule has 0 amide bonds. The molecule has 2 aromatic carbocycles. The van der Waals surface area contributed by atoms with Crippen LogP contribution in [0.5, 0.6) is 11.5 Å². The van der Waals surface area contributed by atoms with Crippen molar-refractivity contribution < 1.29 is 14.3 Å². The Morgan fingerprint density at radius 1 is 1.10 bits per heavy atom. The molecule has 1 heterocycles. The van der Waals surface area contributed by atoms with Crippen LogP contribution in [0.4, 0.5) is 0 Å². The average Bonchev–Trinajstić information content (AvgIpc) is 2.48. The highest BCUT2D eigenvalue weighted by Gasteiger charge is 2.16. The predicted octanol–water partition coefficient (Wildman–Crippen LogP) is 3.48. The van der Waals surface area contributed by atoms with Crippen LogP contribution in [0.15, 0.2) is 51.7 Å². The van der Waals surface area contributed by atoms with Gasteiger partial charge in [0.05, 0.1) is 12.5 Å². The van der Waals surface area contributed by atoms with Crippen LogP contribution in [-0.2, 0) is 0 Å². The molecule has 0 fully saturated rings. The molecule has 1 aromatic heterocycles. The zero-order valence-corrected chi connectivity index (χ0v) is 11.7. The van der Waals surface area contributed by atoms with Crippen LogP contribution in [0.1, 0.15) is 5.56 Å². The van der Waals surface area contributed by atoms with E-state index in [1.165, 1.54) is 19.2 Å². The topological polar surface area (TPSA) is 59.7 Å². The molecular weight excluding hydrogens is 268 g/mol. The summed E-state index contributed by atoms with van der Waals surface area (Å²) in [5, 5.41) is 9.86. The quantitative estimate of drug-likeness (QED) is 0.781. The number of aromatic hydroxyl groups is 1. The molecule has 4 nitrogen and oxygen atoms in total. The lowest BCUT2D eigenvalue weighted by atomic mass is 10.1. The average molecular weight is 282 g/mol. The van der Waals surface area contributed by atoms with E-state index in [-0.39, 0.29) is 16.9 Å². The van der Waals surface area contributed by atoms with E-state index in [4.69, 9.17) is 9.15 Å². The van der Waals surface area contributed by atoms with Gasteiger partial charge in [0, 0.05) is 5.56 Å². The number of hydrogen-bond acceptors (Lipinski definition) is 4. The van der Waals surface area contributed by atoms with E-state index < -0.39 is 0 Å². The molecule has 21 heavy (non-hydrogen) atoms. The fraction of sp³-hybridized carbons (Fsp3) is 0.118. The molecule has 0 radical (unpaired) electrons. The van der Waals surface area contributed by atoms with E-state index >= 15 is 0 Å². The molecule has 0 atom stereocenters. The first-order valence-electron chi connectivity index (χ1n) is 6.51. The summed E-state index contributed by atoms with van der Waals surface area (Å²) in [5.74, 6) is 0.675. The molecule has 0 aliphatic heterocycles. The van der Waals surface area contributed by atoms with Gasteiger partial charge in [-0.25, -0.2) is 0 Å². The van der Waals surface area contributed by atoms with Crippen molar-refractivity contribution in [3.05, 3.63) is 58.3 Å². The summed E-state index contributed by atoms with van der Waals surface area (Å²) in [4.78, 5) is 12.5. The molecule has 3 aromatic rings. The van der Waals surface area contributed by atoms with Crippen molar-refractivity contribution in [1.82, 2.24) is 0 Å². The van der Waals surface area contributed by atoms with Gasteiger partial charge in [0.25, 0.3) is 0 Å². The molecule has 0 saturated carbocycles. The summed E-state index contributed by atoms with van der Waals surface area (Å²) >= 11 is 0. The van der Waals surface area contributed by atoms with Crippen LogP contribution in [0.25, 0.3) is 22.3 Å². The highest BCUT2D eigenvalue weighted by molar-refractivity contribution is 5.82. The maximum Gasteiger partial charge on any atom is 0.235 e. The Morgan fingerprint density at radius 3 is 2.48 bits per heavy atom. The molecule has 0 bridgehead atoms. The van der Waals surface area contributed by atoms with Crippen molar-refractivity contribution in [3.8, 4) is 22.8 Å². The normalized spacial score (nSPS) is 10.8. The summed E-state index contributed by atoms with van der Waals surface area (Å²) in [6.45, 7) is 1.92. The van der Waals surface area contributed by atoms with E-state index in [0.717, 1.165) is 5.56 Å². The van der Waals surface area contributed by atoms with Crippen molar-refractivity contribution in [2.45, 2.75) is 6.92 Å². The van der Waals surface area contributed by atoms with Crippen LogP contribution < -0.4 is 10.2 Å². The van der Waals surface area contributed by atoms with E-state index in [1.807, 2.05) is 13.0 Å². The van der Waals surface area contributed by atoms with Crippen molar-refractivity contribution in [2.75, 3.05) is 7.11 Å². The Morgan fingerprint density at radius 2 is 1.81 bits per heavy atom. The van der Waals surface area contributed by atoms with Crippen molar-refractivity contribution in [2.24, 2.45) is 0 Å². The molecule has 0 spiro atoms. The number of aryl methyl sites for hydroxylation is 1. The lowest BCUT2D eigenvalue weighted by molar-refractivity contribution is 0.398. The molecule has 106 valence electrons. The van der Waals surface area contributed by atoms with E-state index in [0.29, 0.717) is 22.3 Å². The maximum atomic E-state index is 12.5. The molecule has 1 N–H and O–H groups in total. The number of ether oxygens (including phenoxy) is 1. The highest BCUT2D eigenvalue weighted by Crippen LogP contribution is 2.31. The van der Waals surface area contributed by atoms with Gasteiger partial charge in [-0.1, -0.05) is 11.6 Å². The maximum absolute atomic E-state index is 12.5. The second-order valence-electron chi connectivity index (χ2n) is 4.84. The van der Waals surface area contributed by atoms with Gasteiger partial charge in [0.15, 0.2) is 5.76 Å². The Balaban J connectivity index is 2.34. The second kappa shape index (κ2) is 4.98. The van der Waals surface area contributed by atoms with Crippen molar-refractivity contribution in [3.63, 3.8) is 0 Å². The van der Waals surface area contributed by atoms with Crippen LogP contribution in [0.2, 0.25) is 0 Å². The number of fused-ring (bicyclic) bond motifs is 1. The van der Waals surface area contributed by atoms with Gasteiger partial charge in [-0.3, -0.25) is 4.79 Å². The molecule has 0 aliphatic carbocycles. The summed E-state index contributed by atoms with van der Waals surface area (Å²) in [7, 11) is 1.44. The Kier molecular flexibility index (Phi) is 3.14. The van der Waals surface area contributed by atoms with Gasteiger partial charge in [0.1, 0.15) is 11.3 Å². The zero-order valence-electron chi connectivity index (χ0n) is 11.7. The first-order valence-corrected chi connectivity index (χ1v) is 6.51. The molecule has 0 saturated heterocycles. The Labute approximate surface area is 121 Å². The Bertz CT molecular complexity index is 860. The predicted molar refractivity (Wildman–Crippen MR) is 80.9 cm³/mol. The van der Waals surface area contributed by atoms with Gasteiger partial charge >= 0.3 is 0 Å². The van der Waals surface area contributed by atoms with Crippen LogP contribution in [0, 0.1) is 6.92 Å². The summed E-state index contributed by atoms with van der Waals surface area (Å²) in [6, 6.07) is 11.9. The fourth-order valence-corrected chi connectivity index (χ4v) is 2.28. The summed E-state index contributed by atoms with van der Waals surface area (Å²) in [6.07, 6.45) is 0. The third-order valence-corrected chi connectivity index (χ3v) is 3.34. The standard InChI is InChI=1S/C17H14O4/c1-10-3-8-14-13(9-10)15(19)17(20-2)16(21-14)11-4-6-12(18)7-5-11/h3-9,18H,1-2H3. The van der Waals surface area contributed by atoms with Crippen LogP contribution in [-0.4, -0.2) is 12.2 Å². The van der Waals surface area contributed by atoms with Gasteiger partial charge in [-0.05, 0) is 43.3 Å². The molecule has 0 unspecified atom stereocenters. The van der Waals surface area contributed by atoms with Gasteiger partial charge in [-0.15, -0.1) is 0 Å². The van der Waals surface area contributed by atoms with E-state index in [2.05, 4.69) is 0 Å². The van der Waals surface area contributed by atoms with Crippen molar-refractivity contribution >= 4 is 11.0 Å². The number of phenols is 1. The first kappa shape index (κ1) is 13.2. The number of hydrogen-bond donors (Lipinski definition) is 1. The number of rotatable bonds is 2. The second-order valence-corrected chi connectivity index (χ2v) is 4.84. The molecule has 4 heteroatoms. The molecule has 3 rings (SSSR count). The third-order valence-electron chi connectivity index (χ3n) is 3.34. The smallest absolute Gasteiger partial charge is 0.235 e. The monoisotopic (exact) mass is 282 g/mol. The SMILES string of the molecule is COc1c(-c2ccc(O)cc2)oc2ccc(C)cc2c1=O. The highest BCUT2D eigenvalue weighted by atomic mass is 16.5. The third kappa shape index (κ3) is 2.25. The lowest BCUT2D eigenvalue weighted by Gasteiger charge is -2.09. The van der Waals surface area contributed by atoms with Gasteiger partial charge in [-0.2, -0.15) is 0 Å². The number of methoxy groups -OCH3 is 1. The zero-order chi connectivity index (χ0) is 15.0.